The summed E-state index contributed by atoms with van der Waals surface area (Å²) < 4.78 is 5.02. The summed E-state index contributed by atoms with van der Waals surface area (Å²) in [5.74, 6) is -2.42. The van der Waals surface area contributed by atoms with E-state index < -0.39 is 36.3 Å². The normalized spacial score (nSPS) is 13.9. The number of imide groups is 1. The second-order valence-electron chi connectivity index (χ2n) is 6.37. The van der Waals surface area contributed by atoms with Crippen molar-refractivity contribution < 1.29 is 23.9 Å². The maximum Gasteiger partial charge on any atom is 0.329 e. The number of para-hydroxylation sites is 1. The highest BCUT2D eigenvalue weighted by Gasteiger charge is 2.41. The molecule has 3 amide bonds. The van der Waals surface area contributed by atoms with Crippen molar-refractivity contribution in [1.82, 2.24) is 4.90 Å². The molecule has 0 fully saturated rings. The van der Waals surface area contributed by atoms with Crippen molar-refractivity contribution >= 4 is 29.4 Å². The van der Waals surface area contributed by atoms with Gasteiger partial charge in [0, 0.05) is 5.69 Å². The first-order valence-corrected chi connectivity index (χ1v) is 8.95. The van der Waals surface area contributed by atoms with E-state index in [1.54, 1.807) is 24.3 Å². The quantitative estimate of drug-likeness (QED) is 0.614. The van der Waals surface area contributed by atoms with Gasteiger partial charge in [-0.25, -0.2) is 4.79 Å². The number of nitrogens with zero attached hydrogens (tertiary/aromatic N) is 1. The summed E-state index contributed by atoms with van der Waals surface area (Å²) >= 11 is 0. The number of hydrogen-bond donors (Lipinski definition) is 1. The van der Waals surface area contributed by atoms with Gasteiger partial charge in [0.05, 0.1) is 11.1 Å². The van der Waals surface area contributed by atoms with Gasteiger partial charge in [-0.1, -0.05) is 37.3 Å². The van der Waals surface area contributed by atoms with Crippen LogP contribution in [0.25, 0.3) is 0 Å². The SMILES string of the molecule is CCc1ccccc1NC(=O)COC(=O)[C@H](C)N1C(=O)c2ccccc2C1=O. The molecule has 0 saturated heterocycles. The maximum absolute atomic E-state index is 12.4. The molecular formula is C21H20N2O5. The minimum atomic E-state index is -1.14. The number of anilines is 1. The van der Waals surface area contributed by atoms with Gasteiger partial charge < -0.3 is 10.1 Å². The fourth-order valence-electron chi connectivity index (χ4n) is 3.06. The number of nitrogens with one attached hydrogen (secondary N) is 1. The standard InChI is InChI=1S/C21H20N2O5/c1-3-14-8-4-7-11-17(14)22-18(24)12-28-21(27)13(2)23-19(25)15-9-5-6-10-16(15)20(23)26/h4-11,13H,3,12H2,1-2H3,(H,22,24)/t13-/m0/s1. The molecule has 2 aromatic carbocycles. The van der Waals surface area contributed by atoms with E-state index in [0.29, 0.717) is 5.69 Å². The third kappa shape index (κ3) is 3.64. The van der Waals surface area contributed by atoms with Crippen LogP contribution in [0.15, 0.2) is 48.5 Å². The molecule has 1 aliphatic heterocycles. The highest BCUT2D eigenvalue weighted by Crippen LogP contribution is 2.24. The molecule has 0 spiro atoms. The number of aryl methyl sites for hydroxylation is 1. The Hall–Kier alpha value is -3.48. The highest BCUT2D eigenvalue weighted by atomic mass is 16.5. The molecule has 0 aromatic heterocycles. The summed E-state index contributed by atoms with van der Waals surface area (Å²) in [4.78, 5) is 50.1. The fraction of sp³-hybridized carbons (Fsp3) is 0.238. The lowest BCUT2D eigenvalue weighted by molar-refractivity contribution is -0.150. The first kappa shape index (κ1) is 19.3. The van der Waals surface area contributed by atoms with Crippen LogP contribution in [0.5, 0.6) is 0 Å². The number of fused-ring (bicyclic) bond motifs is 1. The van der Waals surface area contributed by atoms with E-state index in [9.17, 15) is 19.2 Å². The smallest absolute Gasteiger partial charge is 0.329 e. The van der Waals surface area contributed by atoms with Crippen LogP contribution in [0.4, 0.5) is 5.69 Å². The Morgan fingerprint density at radius 1 is 1.00 bits per heavy atom. The van der Waals surface area contributed by atoms with Crippen LogP contribution >= 0.6 is 0 Å². The Bertz CT molecular complexity index is 918. The number of carbonyl (C=O) groups is 4. The average Bonchev–Trinajstić information content (AvgIpc) is 2.96. The third-order valence-electron chi connectivity index (χ3n) is 4.57. The van der Waals surface area contributed by atoms with Gasteiger partial charge in [-0.15, -0.1) is 0 Å². The second kappa shape index (κ2) is 8.04. The van der Waals surface area contributed by atoms with E-state index in [4.69, 9.17) is 4.74 Å². The van der Waals surface area contributed by atoms with Crippen LogP contribution in [-0.4, -0.2) is 41.2 Å². The van der Waals surface area contributed by atoms with E-state index in [2.05, 4.69) is 5.32 Å². The van der Waals surface area contributed by atoms with Crippen molar-refractivity contribution in [3.8, 4) is 0 Å². The summed E-state index contributed by atoms with van der Waals surface area (Å²) in [6.07, 6.45) is 0.743. The van der Waals surface area contributed by atoms with Crippen LogP contribution in [0.1, 0.15) is 40.1 Å². The van der Waals surface area contributed by atoms with Gasteiger partial charge in [-0.3, -0.25) is 19.3 Å². The molecule has 2 aromatic rings. The lowest BCUT2D eigenvalue weighted by atomic mass is 10.1. The topological polar surface area (TPSA) is 92.8 Å². The first-order valence-electron chi connectivity index (χ1n) is 8.95. The molecule has 0 aliphatic carbocycles. The fourth-order valence-corrected chi connectivity index (χ4v) is 3.06. The van der Waals surface area contributed by atoms with Crippen molar-refractivity contribution in [2.24, 2.45) is 0 Å². The Morgan fingerprint density at radius 2 is 1.57 bits per heavy atom. The molecule has 3 rings (SSSR count). The predicted octanol–water partition coefficient (Wildman–Crippen LogP) is 2.42. The molecule has 7 nitrogen and oxygen atoms in total. The van der Waals surface area contributed by atoms with Crippen LogP contribution in [0, 0.1) is 0 Å². The maximum atomic E-state index is 12.4. The average molecular weight is 380 g/mol. The van der Waals surface area contributed by atoms with Gasteiger partial charge >= 0.3 is 5.97 Å². The summed E-state index contributed by atoms with van der Waals surface area (Å²) in [5, 5.41) is 2.69. The molecule has 0 saturated carbocycles. The zero-order valence-electron chi connectivity index (χ0n) is 15.6. The number of ether oxygens (including phenoxy) is 1. The van der Waals surface area contributed by atoms with Gasteiger partial charge in [0.1, 0.15) is 6.04 Å². The third-order valence-corrected chi connectivity index (χ3v) is 4.57. The van der Waals surface area contributed by atoms with Gasteiger partial charge in [0.2, 0.25) is 0 Å². The summed E-state index contributed by atoms with van der Waals surface area (Å²) in [6.45, 7) is 2.85. The van der Waals surface area contributed by atoms with Crippen molar-refractivity contribution in [2.75, 3.05) is 11.9 Å². The Labute approximate surface area is 162 Å². The predicted molar refractivity (Wildman–Crippen MR) is 102 cm³/mol. The van der Waals surface area contributed by atoms with Crippen LogP contribution in [0.3, 0.4) is 0 Å². The number of amides is 3. The van der Waals surface area contributed by atoms with E-state index >= 15 is 0 Å². The summed E-state index contributed by atoms with van der Waals surface area (Å²) in [5.41, 5.74) is 2.11. The van der Waals surface area contributed by atoms with Crippen molar-refractivity contribution in [3.63, 3.8) is 0 Å². The lowest BCUT2D eigenvalue weighted by Crippen LogP contribution is -2.44. The molecule has 0 unspecified atom stereocenters. The molecule has 1 aliphatic rings. The first-order chi connectivity index (χ1) is 13.4. The Kier molecular flexibility index (Phi) is 5.54. The summed E-state index contributed by atoms with van der Waals surface area (Å²) in [6, 6.07) is 12.6. The van der Waals surface area contributed by atoms with Crippen LogP contribution in [-0.2, 0) is 20.7 Å². The number of hydrogen-bond acceptors (Lipinski definition) is 5. The lowest BCUT2D eigenvalue weighted by Gasteiger charge is -2.20. The number of esters is 1. The van der Waals surface area contributed by atoms with Gasteiger partial charge in [-0.2, -0.15) is 0 Å². The minimum Gasteiger partial charge on any atom is -0.454 e. The molecule has 0 radical (unpaired) electrons. The van der Waals surface area contributed by atoms with E-state index in [1.165, 1.54) is 19.1 Å². The monoisotopic (exact) mass is 380 g/mol. The molecule has 1 heterocycles. The van der Waals surface area contributed by atoms with Crippen LogP contribution < -0.4 is 5.32 Å². The molecule has 1 N–H and O–H groups in total. The number of rotatable bonds is 6. The Balaban J connectivity index is 1.60. The van der Waals surface area contributed by atoms with E-state index in [-0.39, 0.29) is 11.1 Å². The highest BCUT2D eigenvalue weighted by molar-refractivity contribution is 6.22. The zero-order chi connectivity index (χ0) is 20.3. The van der Waals surface area contributed by atoms with Crippen molar-refractivity contribution in [1.29, 1.82) is 0 Å². The molecular weight excluding hydrogens is 360 g/mol. The Morgan fingerprint density at radius 3 is 2.18 bits per heavy atom. The molecule has 28 heavy (non-hydrogen) atoms. The molecule has 1 atom stereocenters. The van der Waals surface area contributed by atoms with Crippen molar-refractivity contribution in [2.45, 2.75) is 26.3 Å². The zero-order valence-corrected chi connectivity index (χ0v) is 15.6. The van der Waals surface area contributed by atoms with E-state index in [1.807, 2.05) is 19.1 Å². The number of benzene rings is 2. The molecule has 0 bridgehead atoms. The van der Waals surface area contributed by atoms with Crippen molar-refractivity contribution in [3.05, 3.63) is 65.2 Å². The van der Waals surface area contributed by atoms with Gasteiger partial charge in [-0.05, 0) is 37.1 Å². The van der Waals surface area contributed by atoms with Gasteiger partial charge in [0.15, 0.2) is 6.61 Å². The molecule has 144 valence electrons. The second-order valence-corrected chi connectivity index (χ2v) is 6.37. The minimum absolute atomic E-state index is 0.251. The number of carbonyl (C=O) groups excluding carboxylic acids is 4. The molecule has 7 heteroatoms. The van der Waals surface area contributed by atoms with Gasteiger partial charge in [0.25, 0.3) is 17.7 Å². The largest absolute Gasteiger partial charge is 0.454 e. The van der Waals surface area contributed by atoms with Crippen LogP contribution in [0.2, 0.25) is 0 Å². The van der Waals surface area contributed by atoms with E-state index in [0.717, 1.165) is 16.9 Å². The summed E-state index contributed by atoms with van der Waals surface area (Å²) in [7, 11) is 0.